The molecule has 2 rings (SSSR count). The molecule has 146 valence electrons. The largest absolute Gasteiger partial charge is 0.444 e. The highest BCUT2D eigenvalue weighted by Gasteiger charge is 2.43. The third-order valence-electron chi connectivity index (χ3n) is 6.12. The fourth-order valence-corrected chi connectivity index (χ4v) is 4.59. The smallest absolute Gasteiger partial charge is 0.410 e. The molecule has 0 atom stereocenters. The molecule has 1 heterocycles. The lowest BCUT2D eigenvalue weighted by Crippen LogP contribution is -2.48. The zero-order chi connectivity index (χ0) is 18.7. The van der Waals surface area contributed by atoms with Gasteiger partial charge in [0.1, 0.15) is 5.60 Å². The average molecular weight is 354 g/mol. The van der Waals surface area contributed by atoms with Crippen molar-refractivity contribution < 1.29 is 14.6 Å². The van der Waals surface area contributed by atoms with Crippen LogP contribution in [0, 0.1) is 11.3 Å². The van der Waals surface area contributed by atoms with Crippen molar-refractivity contribution >= 4 is 6.09 Å². The van der Waals surface area contributed by atoms with Gasteiger partial charge < -0.3 is 14.7 Å². The summed E-state index contributed by atoms with van der Waals surface area (Å²) in [5.41, 5.74) is -0.751. The van der Waals surface area contributed by atoms with Crippen molar-refractivity contribution in [1.82, 2.24) is 4.90 Å². The predicted molar refractivity (Wildman–Crippen MR) is 102 cm³/mol. The first-order valence-corrected chi connectivity index (χ1v) is 10.2. The van der Waals surface area contributed by atoms with Crippen molar-refractivity contribution in [2.75, 3.05) is 13.1 Å². The van der Waals surface area contributed by atoms with E-state index in [9.17, 15) is 9.90 Å². The van der Waals surface area contributed by atoms with Crippen LogP contribution in [0.25, 0.3) is 0 Å². The van der Waals surface area contributed by atoms with Crippen LogP contribution in [0.1, 0.15) is 92.4 Å². The topological polar surface area (TPSA) is 49.8 Å². The van der Waals surface area contributed by atoms with E-state index in [0.717, 1.165) is 44.7 Å². The maximum absolute atomic E-state index is 12.4. The summed E-state index contributed by atoms with van der Waals surface area (Å²) >= 11 is 0. The predicted octanol–water partition coefficient (Wildman–Crippen LogP) is 5.14. The molecule has 4 nitrogen and oxygen atoms in total. The molecular formula is C21H39NO3. The van der Waals surface area contributed by atoms with Gasteiger partial charge in [-0.05, 0) is 84.5 Å². The second kappa shape index (κ2) is 7.85. The summed E-state index contributed by atoms with van der Waals surface area (Å²) in [5, 5.41) is 10.2. The van der Waals surface area contributed by atoms with Crippen molar-refractivity contribution in [3.8, 4) is 0 Å². The van der Waals surface area contributed by atoms with Crippen LogP contribution in [0.2, 0.25) is 0 Å². The third-order valence-corrected chi connectivity index (χ3v) is 6.12. The van der Waals surface area contributed by atoms with E-state index in [2.05, 4.69) is 0 Å². The lowest BCUT2D eigenvalue weighted by molar-refractivity contribution is -0.0224. The van der Waals surface area contributed by atoms with Crippen LogP contribution < -0.4 is 0 Å². The molecule has 0 aromatic heterocycles. The van der Waals surface area contributed by atoms with Gasteiger partial charge in [-0.3, -0.25) is 0 Å². The van der Waals surface area contributed by atoms with Gasteiger partial charge >= 0.3 is 6.09 Å². The number of hydrogen-bond donors (Lipinski definition) is 1. The molecule has 1 amide bonds. The molecule has 0 aromatic carbocycles. The highest BCUT2D eigenvalue weighted by atomic mass is 16.6. The molecule has 0 radical (unpaired) electrons. The molecule has 0 spiro atoms. The second-order valence-electron chi connectivity index (χ2n) is 9.98. The van der Waals surface area contributed by atoms with E-state index in [1.807, 2.05) is 39.5 Å². The van der Waals surface area contributed by atoms with Crippen LogP contribution in [0.15, 0.2) is 0 Å². The number of carbonyl (C=O) groups excluding carboxylic acids is 1. The number of likely N-dealkylation sites (tertiary alicyclic amines) is 1. The van der Waals surface area contributed by atoms with Crippen molar-refractivity contribution in [2.24, 2.45) is 11.3 Å². The van der Waals surface area contributed by atoms with E-state index in [4.69, 9.17) is 4.74 Å². The van der Waals surface area contributed by atoms with Crippen molar-refractivity contribution in [1.29, 1.82) is 0 Å². The van der Waals surface area contributed by atoms with Crippen LogP contribution in [0.3, 0.4) is 0 Å². The highest BCUT2D eigenvalue weighted by Crippen LogP contribution is 2.49. The SMILES string of the molecule is CC(C)(O)CCC1(C2CCCCC2)CCN(C(=O)OC(C)(C)C)CC1. The van der Waals surface area contributed by atoms with Crippen LogP contribution in [-0.2, 0) is 4.74 Å². The Morgan fingerprint density at radius 3 is 2.12 bits per heavy atom. The Morgan fingerprint density at radius 2 is 1.64 bits per heavy atom. The number of rotatable bonds is 4. The summed E-state index contributed by atoms with van der Waals surface area (Å²) in [6.45, 7) is 11.2. The minimum Gasteiger partial charge on any atom is -0.444 e. The van der Waals surface area contributed by atoms with Gasteiger partial charge in [-0.2, -0.15) is 0 Å². The first-order valence-electron chi connectivity index (χ1n) is 10.2. The van der Waals surface area contributed by atoms with E-state index in [1.165, 1.54) is 32.1 Å². The fraction of sp³-hybridized carbons (Fsp3) is 0.952. The van der Waals surface area contributed by atoms with E-state index in [-0.39, 0.29) is 6.09 Å². The number of hydrogen-bond acceptors (Lipinski definition) is 3. The zero-order valence-electron chi connectivity index (χ0n) is 17.1. The molecule has 1 N–H and O–H groups in total. The fourth-order valence-electron chi connectivity index (χ4n) is 4.59. The Kier molecular flexibility index (Phi) is 6.45. The Balaban J connectivity index is 2.02. The molecule has 0 aromatic rings. The Hall–Kier alpha value is -0.770. The zero-order valence-corrected chi connectivity index (χ0v) is 17.1. The number of ether oxygens (including phenoxy) is 1. The lowest BCUT2D eigenvalue weighted by atomic mass is 9.61. The number of nitrogens with zero attached hydrogens (tertiary/aromatic N) is 1. The maximum atomic E-state index is 12.4. The number of amides is 1. The normalized spacial score (nSPS) is 22.7. The van der Waals surface area contributed by atoms with E-state index in [1.54, 1.807) is 0 Å². The van der Waals surface area contributed by atoms with E-state index < -0.39 is 11.2 Å². The molecule has 1 saturated carbocycles. The molecule has 0 bridgehead atoms. The van der Waals surface area contributed by atoms with Gasteiger partial charge in [-0.15, -0.1) is 0 Å². The average Bonchev–Trinajstić information content (AvgIpc) is 2.52. The van der Waals surface area contributed by atoms with Crippen molar-refractivity contribution in [3.63, 3.8) is 0 Å². The van der Waals surface area contributed by atoms with Crippen molar-refractivity contribution in [2.45, 2.75) is 104 Å². The highest BCUT2D eigenvalue weighted by molar-refractivity contribution is 5.68. The van der Waals surface area contributed by atoms with Gasteiger partial charge in [0.2, 0.25) is 0 Å². The van der Waals surface area contributed by atoms with Gasteiger partial charge in [-0.25, -0.2) is 4.79 Å². The maximum Gasteiger partial charge on any atom is 0.410 e. The minimum atomic E-state index is -0.607. The summed E-state index contributed by atoms with van der Waals surface area (Å²) in [6, 6.07) is 0. The standard InChI is InChI=1S/C21H39NO3/c1-19(2,3)25-18(23)22-15-13-21(14-16-22,12-11-20(4,5)24)17-9-7-6-8-10-17/h17,24H,6-16H2,1-5H3. The van der Waals surface area contributed by atoms with Gasteiger partial charge in [-0.1, -0.05) is 19.3 Å². The Morgan fingerprint density at radius 1 is 1.08 bits per heavy atom. The number of piperidine rings is 1. The Bertz CT molecular complexity index is 433. The third kappa shape index (κ3) is 6.16. The van der Waals surface area contributed by atoms with E-state index >= 15 is 0 Å². The van der Waals surface area contributed by atoms with Crippen LogP contribution >= 0.6 is 0 Å². The number of carbonyl (C=O) groups is 1. The molecule has 1 saturated heterocycles. The molecule has 0 unspecified atom stereocenters. The van der Waals surface area contributed by atoms with Gasteiger partial charge in [0.25, 0.3) is 0 Å². The molecule has 4 heteroatoms. The second-order valence-corrected chi connectivity index (χ2v) is 9.98. The Labute approximate surface area is 154 Å². The van der Waals surface area contributed by atoms with Crippen LogP contribution in [0.5, 0.6) is 0 Å². The summed E-state index contributed by atoms with van der Waals surface area (Å²) < 4.78 is 5.55. The van der Waals surface area contributed by atoms with Crippen LogP contribution in [-0.4, -0.2) is 40.4 Å². The number of aliphatic hydroxyl groups is 1. The lowest BCUT2D eigenvalue weighted by Gasteiger charge is -2.49. The summed E-state index contributed by atoms with van der Waals surface area (Å²) in [7, 11) is 0. The molecule has 25 heavy (non-hydrogen) atoms. The van der Waals surface area contributed by atoms with E-state index in [0.29, 0.717) is 5.41 Å². The quantitative estimate of drug-likeness (QED) is 0.762. The monoisotopic (exact) mass is 353 g/mol. The molecule has 2 aliphatic rings. The summed E-state index contributed by atoms with van der Waals surface area (Å²) in [4.78, 5) is 14.3. The van der Waals surface area contributed by atoms with Crippen LogP contribution in [0.4, 0.5) is 4.79 Å². The summed E-state index contributed by atoms with van der Waals surface area (Å²) in [6.07, 6.45) is 10.5. The first-order chi connectivity index (χ1) is 11.5. The first kappa shape index (κ1) is 20.5. The van der Waals surface area contributed by atoms with Gasteiger partial charge in [0.05, 0.1) is 5.60 Å². The van der Waals surface area contributed by atoms with Crippen molar-refractivity contribution in [3.05, 3.63) is 0 Å². The minimum absolute atomic E-state index is 0.174. The molecule has 1 aliphatic carbocycles. The molecule has 2 fully saturated rings. The molecular weight excluding hydrogens is 314 g/mol. The summed E-state index contributed by atoms with van der Waals surface area (Å²) in [5.74, 6) is 0.754. The van der Waals surface area contributed by atoms with Gasteiger partial charge in [0, 0.05) is 13.1 Å². The molecule has 1 aliphatic heterocycles. The van der Waals surface area contributed by atoms with Gasteiger partial charge in [0.15, 0.2) is 0 Å².